The van der Waals surface area contributed by atoms with Crippen molar-refractivity contribution in [2.24, 2.45) is 0 Å². The van der Waals surface area contributed by atoms with E-state index in [1.54, 1.807) is 19.2 Å². The summed E-state index contributed by atoms with van der Waals surface area (Å²) in [6.45, 7) is 4.08. The Labute approximate surface area is 185 Å². The lowest BCUT2D eigenvalue weighted by molar-refractivity contribution is -0.140. The number of benzene rings is 2. The summed E-state index contributed by atoms with van der Waals surface area (Å²) in [5.41, 5.74) is 3.15. The number of rotatable bonds is 5. The molecule has 6 heteroatoms. The fourth-order valence-corrected chi connectivity index (χ4v) is 4.61. The number of likely N-dealkylation sites (tertiary alicyclic amines) is 1. The fraction of sp³-hybridized carbons (Fsp3) is 0.200. The van der Waals surface area contributed by atoms with Gasteiger partial charge in [-0.1, -0.05) is 35.9 Å². The van der Waals surface area contributed by atoms with Gasteiger partial charge in [0.25, 0.3) is 11.7 Å². The first-order chi connectivity index (χ1) is 14.9. The minimum Gasteiger partial charge on any atom is -0.507 e. The van der Waals surface area contributed by atoms with Gasteiger partial charge in [-0.05, 0) is 54.6 Å². The number of methoxy groups -OCH3 is 1. The standard InChI is InChI=1S/C25H23NO4S/c1-15-9-10-16(2)20(12-15)23(27)21-22(17-6-4-7-18(13-17)30-3)26(25(29)24(21)28)14-19-8-5-11-31-19/h4-13,22,27H,14H2,1-3H3/b23-21+. The molecule has 1 amide bonds. The van der Waals surface area contributed by atoms with E-state index in [1.165, 1.54) is 16.2 Å². The molecule has 4 rings (SSSR count). The summed E-state index contributed by atoms with van der Waals surface area (Å²) in [6.07, 6.45) is 0. The maximum atomic E-state index is 13.2. The van der Waals surface area contributed by atoms with Crippen LogP contribution in [-0.4, -0.2) is 28.8 Å². The lowest BCUT2D eigenvalue weighted by atomic mass is 9.93. The lowest BCUT2D eigenvalue weighted by Crippen LogP contribution is -2.28. The third-order valence-corrected chi connectivity index (χ3v) is 6.37. The number of ketones is 1. The molecule has 0 saturated carbocycles. The molecule has 1 atom stereocenters. The number of amides is 1. The average molecular weight is 434 g/mol. The first-order valence-corrected chi connectivity index (χ1v) is 10.8. The predicted molar refractivity (Wildman–Crippen MR) is 121 cm³/mol. The number of hydrogen-bond acceptors (Lipinski definition) is 5. The third kappa shape index (κ3) is 3.86. The van der Waals surface area contributed by atoms with E-state index in [0.717, 1.165) is 16.0 Å². The zero-order valence-electron chi connectivity index (χ0n) is 17.6. The summed E-state index contributed by atoms with van der Waals surface area (Å²) in [5.74, 6) is -0.831. The van der Waals surface area contributed by atoms with Gasteiger partial charge < -0.3 is 14.7 Å². The highest BCUT2D eigenvalue weighted by molar-refractivity contribution is 7.09. The number of Topliss-reactive ketones (excluding diaryl/α,β-unsaturated/α-hetero) is 1. The summed E-state index contributed by atoms with van der Waals surface area (Å²) in [5, 5.41) is 13.2. The summed E-state index contributed by atoms with van der Waals surface area (Å²) in [4.78, 5) is 28.7. The largest absolute Gasteiger partial charge is 0.507 e. The average Bonchev–Trinajstić information content (AvgIpc) is 3.37. The normalized spacial score (nSPS) is 17.9. The van der Waals surface area contributed by atoms with Crippen LogP contribution in [0.4, 0.5) is 0 Å². The van der Waals surface area contributed by atoms with Gasteiger partial charge in [-0.2, -0.15) is 0 Å². The van der Waals surface area contributed by atoms with Gasteiger partial charge in [-0.15, -0.1) is 11.3 Å². The second-order valence-electron chi connectivity index (χ2n) is 7.60. The van der Waals surface area contributed by atoms with Gasteiger partial charge in [0.2, 0.25) is 0 Å². The van der Waals surface area contributed by atoms with E-state index in [-0.39, 0.29) is 17.9 Å². The molecule has 1 aliphatic rings. The van der Waals surface area contributed by atoms with Crippen LogP contribution < -0.4 is 4.74 Å². The Bertz CT molecular complexity index is 1180. The van der Waals surface area contributed by atoms with Crippen molar-refractivity contribution in [3.63, 3.8) is 0 Å². The SMILES string of the molecule is COc1cccc(C2/C(=C(\O)c3cc(C)ccc3C)C(=O)C(=O)N2Cc2cccs2)c1. The maximum Gasteiger partial charge on any atom is 0.295 e. The van der Waals surface area contributed by atoms with E-state index in [0.29, 0.717) is 16.9 Å². The number of ether oxygens (including phenoxy) is 1. The molecule has 2 heterocycles. The zero-order valence-corrected chi connectivity index (χ0v) is 18.4. The number of aryl methyl sites for hydroxylation is 2. The molecule has 1 N–H and O–H groups in total. The highest BCUT2D eigenvalue weighted by atomic mass is 32.1. The molecule has 1 saturated heterocycles. The second-order valence-corrected chi connectivity index (χ2v) is 8.63. The van der Waals surface area contributed by atoms with Crippen LogP contribution >= 0.6 is 11.3 Å². The molecule has 3 aromatic rings. The number of carbonyl (C=O) groups is 2. The number of thiophene rings is 1. The number of carbonyl (C=O) groups excluding carboxylic acids is 2. The highest BCUT2D eigenvalue weighted by Gasteiger charge is 2.46. The van der Waals surface area contributed by atoms with Crippen molar-refractivity contribution < 1.29 is 19.4 Å². The molecular weight excluding hydrogens is 410 g/mol. The van der Waals surface area contributed by atoms with E-state index in [2.05, 4.69) is 0 Å². The van der Waals surface area contributed by atoms with Gasteiger partial charge in [-0.3, -0.25) is 9.59 Å². The van der Waals surface area contributed by atoms with Crippen molar-refractivity contribution in [1.29, 1.82) is 0 Å². The maximum absolute atomic E-state index is 13.2. The van der Waals surface area contributed by atoms with Crippen molar-refractivity contribution in [2.75, 3.05) is 7.11 Å². The summed E-state index contributed by atoms with van der Waals surface area (Å²) in [7, 11) is 1.57. The zero-order chi connectivity index (χ0) is 22.1. The van der Waals surface area contributed by atoms with Gasteiger partial charge in [0, 0.05) is 10.4 Å². The predicted octanol–water partition coefficient (Wildman–Crippen LogP) is 5.00. The van der Waals surface area contributed by atoms with Gasteiger partial charge in [0.1, 0.15) is 11.5 Å². The van der Waals surface area contributed by atoms with Gasteiger partial charge in [0.05, 0.1) is 25.3 Å². The van der Waals surface area contributed by atoms with Gasteiger partial charge in [-0.25, -0.2) is 0 Å². The molecule has 158 valence electrons. The molecule has 0 bridgehead atoms. The van der Waals surface area contributed by atoms with E-state index in [1.807, 2.05) is 61.7 Å². The number of nitrogens with zero attached hydrogens (tertiary/aromatic N) is 1. The monoisotopic (exact) mass is 433 g/mol. The minimum absolute atomic E-state index is 0.100. The Kier molecular flexibility index (Phi) is 5.65. The molecule has 0 radical (unpaired) electrons. The summed E-state index contributed by atoms with van der Waals surface area (Å²) in [6, 6.07) is 16.1. The number of hydrogen-bond donors (Lipinski definition) is 1. The molecule has 5 nitrogen and oxygen atoms in total. The number of aliphatic hydroxyl groups is 1. The molecule has 31 heavy (non-hydrogen) atoms. The van der Waals surface area contributed by atoms with Crippen LogP contribution in [0.5, 0.6) is 5.75 Å². The third-order valence-electron chi connectivity index (χ3n) is 5.50. The van der Waals surface area contributed by atoms with Crippen LogP contribution in [0.25, 0.3) is 5.76 Å². The van der Waals surface area contributed by atoms with Crippen molar-refractivity contribution >= 4 is 28.8 Å². The summed E-state index contributed by atoms with van der Waals surface area (Å²) < 4.78 is 5.36. The van der Waals surface area contributed by atoms with Crippen LogP contribution in [0.2, 0.25) is 0 Å². The van der Waals surface area contributed by atoms with E-state index >= 15 is 0 Å². The van der Waals surface area contributed by atoms with Gasteiger partial charge in [0.15, 0.2) is 0 Å². The van der Waals surface area contributed by atoms with Crippen LogP contribution in [-0.2, 0) is 16.1 Å². The molecule has 2 aromatic carbocycles. The quantitative estimate of drug-likeness (QED) is 0.350. The smallest absolute Gasteiger partial charge is 0.295 e. The van der Waals surface area contributed by atoms with Crippen molar-refractivity contribution in [1.82, 2.24) is 4.90 Å². The Morgan fingerprint density at radius 3 is 2.61 bits per heavy atom. The van der Waals surface area contributed by atoms with Crippen molar-refractivity contribution in [2.45, 2.75) is 26.4 Å². The number of aliphatic hydroxyl groups excluding tert-OH is 1. The molecule has 0 spiro atoms. The van der Waals surface area contributed by atoms with E-state index < -0.39 is 17.7 Å². The molecule has 1 aromatic heterocycles. The lowest BCUT2D eigenvalue weighted by Gasteiger charge is -2.25. The van der Waals surface area contributed by atoms with Crippen LogP contribution in [0.3, 0.4) is 0 Å². The minimum atomic E-state index is -0.711. The Morgan fingerprint density at radius 1 is 1.10 bits per heavy atom. The van der Waals surface area contributed by atoms with Crippen molar-refractivity contribution in [3.8, 4) is 5.75 Å². The van der Waals surface area contributed by atoms with Crippen LogP contribution in [0.1, 0.15) is 33.2 Å². The van der Waals surface area contributed by atoms with E-state index in [9.17, 15) is 14.7 Å². The fourth-order valence-electron chi connectivity index (χ4n) is 3.91. The topological polar surface area (TPSA) is 66.8 Å². The first-order valence-electron chi connectivity index (χ1n) is 9.93. The second kappa shape index (κ2) is 8.40. The van der Waals surface area contributed by atoms with E-state index in [4.69, 9.17) is 4.74 Å². The molecule has 0 aliphatic carbocycles. The first kappa shape index (κ1) is 20.9. The van der Waals surface area contributed by atoms with Crippen LogP contribution in [0, 0.1) is 13.8 Å². The molecule has 1 fully saturated rings. The van der Waals surface area contributed by atoms with Gasteiger partial charge >= 0.3 is 0 Å². The Balaban J connectivity index is 1.92. The Morgan fingerprint density at radius 2 is 1.90 bits per heavy atom. The van der Waals surface area contributed by atoms with Crippen LogP contribution in [0.15, 0.2) is 65.6 Å². The summed E-state index contributed by atoms with van der Waals surface area (Å²) >= 11 is 1.52. The molecular formula is C25H23NO4S. The molecule has 1 aliphatic heterocycles. The Hall–Kier alpha value is -3.38. The highest BCUT2D eigenvalue weighted by Crippen LogP contribution is 2.41. The van der Waals surface area contributed by atoms with Crippen molar-refractivity contribution in [3.05, 3.63) is 92.7 Å². The molecule has 1 unspecified atom stereocenters.